The topological polar surface area (TPSA) is 47.0 Å². The van der Waals surface area contributed by atoms with Gasteiger partial charge in [0.1, 0.15) is 16.7 Å². The number of pyridine rings is 2. The molecular weight excluding hydrogens is 321 g/mol. The summed E-state index contributed by atoms with van der Waals surface area (Å²) in [6.45, 7) is 0. The van der Waals surface area contributed by atoms with Crippen LogP contribution in [0.1, 0.15) is 0 Å². The molecule has 0 aliphatic carbocycles. The molecule has 0 atom stereocenters. The summed E-state index contributed by atoms with van der Waals surface area (Å²) >= 11 is 12.3. The molecule has 0 aliphatic rings. The lowest BCUT2D eigenvalue weighted by molar-refractivity contribution is 0.416. The van der Waals surface area contributed by atoms with Gasteiger partial charge in [-0.15, -0.1) is 0 Å². The van der Waals surface area contributed by atoms with Crippen LogP contribution >= 0.6 is 23.2 Å². The highest BCUT2D eigenvalue weighted by Gasteiger charge is 2.15. The zero-order valence-electron chi connectivity index (χ0n) is 12.0. The minimum absolute atomic E-state index is 0.419. The van der Waals surface area contributed by atoms with Gasteiger partial charge in [-0.3, -0.25) is 0 Å². The van der Waals surface area contributed by atoms with Crippen LogP contribution in [0.3, 0.4) is 0 Å². The monoisotopic (exact) mass is 333 g/mol. The number of benzene rings is 1. The molecule has 0 spiro atoms. The number of rotatable bonds is 3. The highest BCUT2D eigenvalue weighted by Crippen LogP contribution is 2.40. The second-order valence-corrected chi connectivity index (χ2v) is 5.44. The lowest BCUT2D eigenvalue weighted by Crippen LogP contribution is -1.97. The number of methoxy groups -OCH3 is 1. The summed E-state index contributed by atoms with van der Waals surface area (Å²) in [5.74, 6) is 1.35. The van der Waals surface area contributed by atoms with E-state index in [1.54, 1.807) is 25.6 Å². The van der Waals surface area contributed by atoms with Crippen molar-refractivity contribution in [3.63, 3.8) is 0 Å². The van der Waals surface area contributed by atoms with Gasteiger partial charge in [0.25, 0.3) is 0 Å². The maximum Gasteiger partial charge on any atom is 0.145 e. The highest BCUT2D eigenvalue weighted by molar-refractivity contribution is 6.33. The second-order valence-electron chi connectivity index (χ2n) is 4.64. The van der Waals surface area contributed by atoms with Gasteiger partial charge in [-0.2, -0.15) is 0 Å². The molecule has 0 unspecified atom stereocenters. The molecule has 0 radical (unpaired) electrons. The van der Waals surface area contributed by atoms with E-state index in [4.69, 9.17) is 27.9 Å². The van der Waals surface area contributed by atoms with Gasteiger partial charge in [-0.1, -0.05) is 35.3 Å². The van der Waals surface area contributed by atoms with E-state index in [0.717, 1.165) is 27.7 Å². The molecule has 2 aromatic heterocycles. The van der Waals surface area contributed by atoms with Gasteiger partial charge in [-0.05, 0) is 17.5 Å². The number of halogens is 2. The normalized spacial score (nSPS) is 10.7. The number of hydrogen-bond donors (Lipinski definition) is 1. The lowest BCUT2D eigenvalue weighted by Gasteiger charge is -2.14. The molecule has 4 nitrogen and oxygen atoms in total. The summed E-state index contributed by atoms with van der Waals surface area (Å²) in [5, 5.41) is 5.83. The molecule has 1 aromatic carbocycles. The minimum Gasteiger partial charge on any atom is -0.495 e. The number of para-hydroxylation sites is 1. The van der Waals surface area contributed by atoms with E-state index in [2.05, 4.69) is 15.3 Å². The van der Waals surface area contributed by atoms with E-state index >= 15 is 0 Å². The van der Waals surface area contributed by atoms with E-state index < -0.39 is 0 Å². The van der Waals surface area contributed by atoms with Crippen LogP contribution < -0.4 is 10.1 Å². The average molecular weight is 334 g/mol. The summed E-state index contributed by atoms with van der Waals surface area (Å²) in [4.78, 5) is 8.58. The SMILES string of the molecule is CNc1ncc(-c2cccc(Cl)c2OC)c2cc(Cl)ncc12. The maximum absolute atomic E-state index is 6.22. The fourth-order valence-electron chi connectivity index (χ4n) is 2.45. The zero-order valence-corrected chi connectivity index (χ0v) is 13.5. The molecule has 0 saturated heterocycles. The number of aromatic nitrogens is 2. The first-order valence-corrected chi connectivity index (χ1v) is 7.36. The first-order chi connectivity index (χ1) is 10.7. The fraction of sp³-hybridized carbons (Fsp3) is 0.125. The number of ether oxygens (including phenoxy) is 1. The second kappa shape index (κ2) is 5.99. The maximum atomic E-state index is 6.22. The van der Waals surface area contributed by atoms with E-state index in [-0.39, 0.29) is 0 Å². The predicted molar refractivity (Wildman–Crippen MR) is 91.1 cm³/mol. The van der Waals surface area contributed by atoms with E-state index in [1.807, 2.05) is 25.2 Å². The van der Waals surface area contributed by atoms with Gasteiger partial charge in [-0.25, -0.2) is 9.97 Å². The van der Waals surface area contributed by atoms with E-state index in [9.17, 15) is 0 Å². The van der Waals surface area contributed by atoms with Crippen molar-refractivity contribution in [1.29, 1.82) is 0 Å². The first-order valence-electron chi connectivity index (χ1n) is 6.60. The van der Waals surface area contributed by atoms with Crippen molar-refractivity contribution in [2.24, 2.45) is 0 Å². The van der Waals surface area contributed by atoms with Crippen molar-refractivity contribution in [3.05, 3.63) is 46.8 Å². The van der Waals surface area contributed by atoms with Crippen LogP contribution in [0.4, 0.5) is 5.82 Å². The summed E-state index contributed by atoms with van der Waals surface area (Å²) in [5.41, 5.74) is 1.75. The summed E-state index contributed by atoms with van der Waals surface area (Å²) in [7, 11) is 3.41. The molecule has 0 saturated carbocycles. The van der Waals surface area contributed by atoms with Gasteiger partial charge >= 0.3 is 0 Å². The Kier molecular flexibility index (Phi) is 4.05. The van der Waals surface area contributed by atoms with Gasteiger partial charge in [0.15, 0.2) is 0 Å². The zero-order chi connectivity index (χ0) is 15.7. The van der Waals surface area contributed by atoms with Gasteiger partial charge in [0, 0.05) is 36.0 Å². The molecular formula is C16H13Cl2N3O. The first kappa shape index (κ1) is 14.9. The van der Waals surface area contributed by atoms with Crippen molar-refractivity contribution in [1.82, 2.24) is 9.97 Å². The van der Waals surface area contributed by atoms with E-state index in [1.165, 1.54) is 0 Å². The standard InChI is InChI=1S/C16H13Cl2N3O/c1-19-16-12-8-20-14(18)6-10(12)11(7-21-16)9-4-3-5-13(17)15(9)22-2/h3-8H,1-2H3,(H,19,21). The average Bonchev–Trinajstić information content (AvgIpc) is 2.53. The molecule has 1 N–H and O–H groups in total. The Hall–Kier alpha value is -2.04. The quantitative estimate of drug-likeness (QED) is 0.708. The molecule has 0 bridgehead atoms. The Labute approximate surface area is 138 Å². The van der Waals surface area contributed by atoms with Crippen LogP contribution in [0.2, 0.25) is 10.2 Å². The number of fused-ring (bicyclic) bond motifs is 1. The van der Waals surface area contributed by atoms with Crippen molar-refractivity contribution in [2.45, 2.75) is 0 Å². The fourth-order valence-corrected chi connectivity index (χ4v) is 2.86. The largest absolute Gasteiger partial charge is 0.495 e. The van der Waals surface area contributed by atoms with Crippen LogP contribution in [-0.2, 0) is 0 Å². The predicted octanol–water partition coefficient (Wildman–Crippen LogP) is 4.65. The number of nitrogens with zero attached hydrogens (tertiary/aromatic N) is 2. The molecule has 3 aromatic rings. The van der Waals surface area contributed by atoms with Crippen LogP contribution in [0.5, 0.6) is 5.75 Å². The van der Waals surface area contributed by atoms with Crippen molar-refractivity contribution in [3.8, 4) is 16.9 Å². The molecule has 112 valence electrons. The van der Waals surface area contributed by atoms with Crippen LogP contribution in [0.15, 0.2) is 36.7 Å². The molecule has 3 rings (SSSR count). The van der Waals surface area contributed by atoms with Crippen molar-refractivity contribution >= 4 is 39.8 Å². The van der Waals surface area contributed by atoms with E-state index in [0.29, 0.717) is 15.9 Å². The number of anilines is 1. The summed E-state index contributed by atoms with van der Waals surface area (Å²) < 4.78 is 5.44. The third kappa shape index (κ3) is 2.45. The highest BCUT2D eigenvalue weighted by atomic mass is 35.5. The molecule has 22 heavy (non-hydrogen) atoms. The Morgan fingerprint density at radius 2 is 1.86 bits per heavy atom. The molecule has 0 aliphatic heterocycles. The molecule has 0 amide bonds. The third-order valence-corrected chi connectivity index (χ3v) is 3.94. The van der Waals surface area contributed by atoms with Crippen molar-refractivity contribution < 1.29 is 4.74 Å². The summed E-state index contributed by atoms with van der Waals surface area (Å²) in [6.07, 6.45) is 3.48. The minimum atomic E-state index is 0.419. The van der Waals surface area contributed by atoms with Gasteiger partial charge in [0.05, 0.1) is 12.1 Å². The number of nitrogens with one attached hydrogen (secondary N) is 1. The lowest BCUT2D eigenvalue weighted by atomic mass is 10.0. The van der Waals surface area contributed by atoms with Crippen LogP contribution in [0, 0.1) is 0 Å². The molecule has 6 heteroatoms. The smallest absolute Gasteiger partial charge is 0.145 e. The third-order valence-electron chi connectivity index (χ3n) is 3.44. The Bertz CT molecular complexity index is 852. The van der Waals surface area contributed by atoms with Crippen molar-refractivity contribution in [2.75, 3.05) is 19.5 Å². The van der Waals surface area contributed by atoms with Crippen LogP contribution in [0.25, 0.3) is 21.9 Å². The molecule has 0 fully saturated rings. The summed E-state index contributed by atoms with van der Waals surface area (Å²) in [6, 6.07) is 7.42. The Morgan fingerprint density at radius 1 is 1.05 bits per heavy atom. The van der Waals surface area contributed by atoms with Gasteiger partial charge < -0.3 is 10.1 Å². The number of hydrogen-bond acceptors (Lipinski definition) is 4. The van der Waals surface area contributed by atoms with Crippen LogP contribution in [-0.4, -0.2) is 24.1 Å². The Morgan fingerprint density at radius 3 is 2.59 bits per heavy atom. The molecule has 2 heterocycles. The van der Waals surface area contributed by atoms with Gasteiger partial charge in [0.2, 0.25) is 0 Å². The Balaban J connectivity index is 2.37.